The van der Waals surface area contributed by atoms with Crippen LogP contribution in [0.4, 0.5) is 0 Å². The summed E-state index contributed by atoms with van der Waals surface area (Å²) in [5.41, 5.74) is 2.92. The van der Waals surface area contributed by atoms with Crippen LogP contribution in [0.1, 0.15) is 36.6 Å². The minimum Gasteiger partial charge on any atom is -0.493 e. The number of hydrogen-bond donors (Lipinski definition) is 0. The molecule has 0 saturated carbocycles. The summed E-state index contributed by atoms with van der Waals surface area (Å²) in [6.45, 7) is 4.05. The zero-order valence-corrected chi connectivity index (χ0v) is 25.9. The van der Waals surface area contributed by atoms with Gasteiger partial charge < -0.3 is 14.2 Å². The monoisotopic (exact) mass is 624 g/mol. The SMILES string of the molecule is CCOC(=O)C1=C(C)N=c2sc(=Cc3ccc(OCc4cccc5ccccc45)c(OC)c3)c(=O)n2C1c1ccccc1Cl. The first kappa shape index (κ1) is 29.4. The van der Waals surface area contributed by atoms with Gasteiger partial charge in [-0.25, -0.2) is 9.79 Å². The molecule has 0 amide bonds. The number of esters is 1. The van der Waals surface area contributed by atoms with Gasteiger partial charge in [0, 0.05) is 5.02 Å². The molecule has 1 aliphatic heterocycles. The topological polar surface area (TPSA) is 79.1 Å². The summed E-state index contributed by atoms with van der Waals surface area (Å²) >= 11 is 7.84. The van der Waals surface area contributed by atoms with Gasteiger partial charge in [-0.05, 0) is 65.6 Å². The second-order valence-corrected chi connectivity index (χ2v) is 11.6. The quantitative estimate of drug-likeness (QED) is 0.192. The van der Waals surface area contributed by atoms with E-state index < -0.39 is 12.0 Å². The van der Waals surface area contributed by atoms with Crippen LogP contribution in [0.25, 0.3) is 16.8 Å². The summed E-state index contributed by atoms with van der Waals surface area (Å²) in [7, 11) is 1.58. The summed E-state index contributed by atoms with van der Waals surface area (Å²) in [5.74, 6) is 0.602. The van der Waals surface area contributed by atoms with Gasteiger partial charge in [0.15, 0.2) is 16.3 Å². The first-order chi connectivity index (χ1) is 21.4. The Morgan fingerprint density at radius 3 is 2.59 bits per heavy atom. The van der Waals surface area contributed by atoms with Crippen LogP contribution in [0.15, 0.2) is 106 Å². The van der Waals surface area contributed by atoms with E-state index in [0.29, 0.717) is 43.7 Å². The van der Waals surface area contributed by atoms with Crippen molar-refractivity contribution in [3.8, 4) is 11.5 Å². The lowest BCUT2D eigenvalue weighted by Gasteiger charge is -2.25. The van der Waals surface area contributed by atoms with Gasteiger partial charge >= 0.3 is 5.97 Å². The van der Waals surface area contributed by atoms with Crippen molar-refractivity contribution >= 4 is 45.8 Å². The van der Waals surface area contributed by atoms with Crippen LogP contribution < -0.4 is 24.4 Å². The van der Waals surface area contributed by atoms with Crippen molar-refractivity contribution in [1.29, 1.82) is 0 Å². The van der Waals surface area contributed by atoms with E-state index in [-0.39, 0.29) is 17.7 Å². The van der Waals surface area contributed by atoms with Gasteiger partial charge in [-0.15, -0.1) is 0 Å². The number of methoxy groups -OCH3 is 1. The Morgan fingerprint density at radius 1 is 1.02 bits per heavy atom. The predicted molar refractivity (Wildman–Crippen MR) is 173 cm³/mol. The summed E-state index contributed by atoms with van der Waals surface area (Å²) in [5, 5.41) is 2.73. The van der Waals surface area contributed by atoms with Crippen molar-refractivity contribution in [3.63, 3.8) is 0 Å². The van der Waals surface area contributed by atoms with Gasteiger partial charge in [0.2, 0.25) is 0 Å². The molecule has 1 aliphatic rings. The van der Waals surface area contributed by atoms with Crippen molar-refractivity contribution in [2.45, 2.75) is 26.5 Å². The Morgan fingerprint density at radius 2 is 1.80 bits per heavy atom. The van der Waals surface area contributed by atoms with Crippen LogP contribution >= 0.6 is 22.9 Å². The average molecular weight is 625 g/mol. The molecule has 1 unspecified atom stereocenters. The molecule has 2 heterocycles. The molecule has 222 valence electrons. The highest BCUT2D eigenvalue weighted by Crippen LogP contribution is 2.35. The zero-order valence-electron chi connectivity index (χ0n) is 24.4. The fourth-order valence-corrected chi connectivity index (χ4v) is 6.69. The Balaban J connectivity index is 1.37. The minimum atomic E-state index is -0.777. The summed E-state index contributed by atoms with van der Waals surface area (Å²) < 4.78 is 19.2. The Labute approximate surface area is 262 Å². The van der Waals surface area contributed by atoms with Crippen LogP contribution in [0, 0.1) is 0 Å². The molecule has 5 aromatic rings. The van der Waals surface area contributed by atoms with Crippen molar-refractivity contribution in [1.82, 2.24) is 4.57 Å². The van der Waals surface area contributed by atoms with E-state index >= 15 is 0 Å². The van der Waals surface area contributed by atoms with Gasteiger partial charge in [0.1, 0.15) is 12.6 Å². The first-order valence-electron chi connectivity index (χ1n) is 14.1. The maximum absolute atomic E-state index is 13.9. The molecule has 0 saturated heterocycles. The summed E-state index contributed by atoms with van der Waals surface area (Å²) in [6.07, 6.45) is 1.79. The highest BCUT2D eigenvalue weighted by atomic mass is 35.5. The minimum absolute atomic E-state index is 0.193. The molecule has 4 aromatic carbocycles. The van der Waals surface area contributed by atoms with Crippen LogP contribution in [0.5, 0.6) is 11.5 Å². The molecular weight excluding hydrogens is 596 g/mol. The van der Waals surface area contributed by atoms with Gasteiger partial charge in [-0.1, -0.05) is 89.7 Å². The number of carbonyl (C=O) groups is 1. The van der Waals surface area contributed by atoms with E-state index in [2.05, 4.69) is 23.2 Å². The standard InChI is InChI=1S/C35H29ClN2O5S/c1-4-42-34(40)31-21(2)37-35-38(32(31)26-14-7-8-15-27(26)36)33(39)30(44-35)19-22-16-17-28(29(18-22)41-3)43-20-24-12-9-11-23-10-5-6-13-25(23)24/h5-19,32H,4,20H2,1-3H3. The summed E-state index contributed by atoms with van der Waals surface area (Å²) in [6, 6.07) is 26.3. The zero-order chi connectivity index (χ0) is 30.8. The maximum Gasteiger partial charge on any atom is 0.338 e. The summed E-state index contributed by atoms with van der Waals surface area (Å²) in [4.78, 5) is 32.2. The number of benzene rings is 4. The molecule has 0 bridgehead atoms. The van der Waals surface area contributed by atoms with E-state index in [0.717, 1.165) is 21.9 Å². The fraction of sp³-hybridized carbons (Fsp3) is 0.171. The smallest absolute Gasteiger partial charge is 0.338 e. The van der Waals surface area contributed by atoms with Gasteiger partial charge in [-0.2, -0.15) is 0 Å². The third-order valence-corrected chi connectivity index (χ3v) is 8.79. The number of allylic oxidation sites excluding steroid dienone is 1. The van der Waals surface area contributed by atoms with Crippen LogP contribution in [0.2, 0.25) is 5.02 Å². The van der Waals surface area contributed by atoms with Crippen molar-refractivity contribution < 1.29 is 19.0 Å². The van der Waals surface area contributed by atoms with E-state index in [1.807, 2.05) is 54.6 Å². The number of aromatic nitrogens is 1. The van der Waals surface area contributed by atoms with E-state index in [9.17, 15) is 9.59 Å². The molecule has 0 N–H and O–H groups in total. The number of hydrogen-bond acceptors (Lipinski definition) is 7. The van der Waals surface area contributed by atoms with Crippen molar-refractivity contribution in [2.75, 3.05) is 13.7 Å². The lowest BCUT2D eigenvalue weighted by atomic mass is 9.96. The molecular formula is C35H29ClN2O5S. The molecule has 44 heavy (non-hydrogen) atoms. The molecule has 0 radical (unpaired) electrons. The molecule has 0 aliphatic carbocycles. The number of rotatable bonds is 8. The highest BCUT2D eigenvalue weighted by Gasteiger charge is 2.34. The maximum atomic E-state index is 13.9. The van der Waals surface area contributed by atoms with Crippen molar-refractivity contribution in [2.24, 2.45) is 4.99 Å². The molecule has 6 rings (SSSR count). The number of carbonyl (C=O) groups excluding carboxylic acids is 1. The van der Waals surface area contributed by atoms with Crippen molar-refractivity contribution in [3.05, 3.63) is 138 Å². The number of halogens is 1. The van der Waals surface area contributed by atoms with Gasteiger partial charge in [0.05, 0.1) is 29.5 Å². The van der Waals surface area contributed by atoms with Crippen LogP contribution in [-0.4, -0.2) is 24.3 Å². The lowest BCUT2D eigenvalue weighted by molar-refractivity contribution is -0.139. The third kappa shape index (κ3) is 5.54. The van der Waals surface area contributed by atoms with Crippen LogP contribution in [-0.2, 0) is 16.1 Å². The number of ether oxygens (including phenoxy) is 3. The van der Waals surface area contributed by atoms with Crippen LogP contribution in [0.3, 0.4) is 0 Å². The van der Waals surface area contributed by atoms with E-state index in [1.165, 1.54) is 15.9 Å². The molecule has 0 spiro atoms. The van der Waals surface area contributed by atoms with E-state index in [1.54, 1.807) is 39.2 Å². The Bertz CT molecular complexity index is 2110. The molecule has 0 fully saturated rings. The molecule has 1 aromatic heterocycles. The second-order valence-electron chi connectivity index (χ2n) is 10.2. The fourth-order valence-electron chi connectivity index (χ4n) is 5.40. The third-order valence-electron chi connectivity index (χ3n) is 7.47. The second kappa shape index (κ2) is 12.5. The van der Waals surface area contributed by atoms with Gasteiger partial charge in [-0.3, -0.25) is 9.36 Å². The average Bonchev–Trinajstić information content (AvgIpc) is 3.33. The number of thiazole rings is 1. The first-order valence-corrected chi connectivity index (χ1v) is 15.3. The van der Waals surface area contributed by atoms with Gasteiger partial charge in [0.25, 0.3) is 5.56 Å². The number of fused-ring (bicyclic) bond motifs is 2. The lowest BCUT2D eigenvalue weighted by Crippen LogP contribution is -2.40. The Kier molecular flexibility index (Phi) is 8.37. The predicted octanol–water partition coefficient (Wildman–Crippen LogP) is 6.19. The molecule has 1 atom stereocenters. The molecule has 9 heteroatoms. The highest BCUT2D eigenvalue weighted by molar-refractivity contribution is 7.07. The normalized spacial score (nSPS) is 14.7. The number of nitrogens with zero attached hydrogens (tertiary/aromatic N) is 2. The largest absolute Gasteiger partial charge is 0.493 e. The van der Waals surface area contributed by atoms with E-state index in [4.69, 9.17) is 25.8 Å². The Hall–Kier alpha value is -4.66. The molecule has 7 nitrogen and oxygen atoms in total.